The Morgan fingerprint density at radius 3 is 2.71 bits per heavy atom. The third kappa shape index (κ3) is 2.68. The molecular formula is C15H24N6. The minimum atomic E-state index is 0.662. The second kappa shape index (κ2) is 5.89. The molecule has 0 aromatic carbocycles. The van der Waals surface area contributed by atoms with E-state index in [1.54, 1.807) is 0 Å². The Kier molecular flexibility index (Phi) is 3.96. The highest BCUT2D eigenvalue weighted by atomic mass is 15.3. The van der Waals surface area contributed by atoms with Crippen LogP contribution in [-0.2, 0) is 0 Å². The molecule has 0 radical (unpaired) electrons. The van der Waals surface area contributed by atoms with Crippen molar-refractivity contribution in [3.8, 4) is 0 Å². The molecule has 6 nitrogen and oxygen atoms in total. The van der Waals surface area contributed by atoms with Gasteiger partial charge in [-0.1, -0.05) is 6.92 Å². The predicted octanol–water partition coefficient (Wildman–Crippen LogP) is 1.69. The van der Waals surface area contributed by atoms with E-state index in [0.29, 0.717) is 6.04 Å². The van der Waals surface area contributed by atoms with Gasteiger partial charge in [-0.05, 0) is 13.3 Å². The third-order valence-electron chi connectivity index (χ3n) is 4.44. The highest BCUT2D eigenvalue weighted by Crippen LogP contribution is 2.22. The van der Waals surface area contributed by atoms with E-state index < -0.39 is 0 Å². The van der Waals surface area contributed by atoms with Crippen molar-refractivity contribution in [1.29, 1.82) is 0 Å². The Bertz CT molecular complexity index is 599. The molecule has 0 amide bonds. The van der Waals surface area contributed by atoms with Crippen molar-refractivity contribution in [2.45, 2.75) is 26.3 Å². The molecule has 0 spiro atoms. The number of hydrogen-bond acceptors (Lipinski definition) is 5. The summed E-state index contributed by atoms with van der Waals surface area (Å²) in [6, 6.07) is 0.662. The molecule has 1 fully saturated rings. The van der Waals surface area contributed by atoms with Crippen molar-refractivity contribution in [1.82, 2.24) is 19.3 Å². The van der Waals surface area contributed by atoms with Gasteiger partial charge in [0.15, 0.2) is 11.5 Å². The molecular weight excluding hydrogens is 264 g/mol. The summed E-state index contributed by atoms with van der Waals surface area (Å²) in [6.45, 7) is 8.76. The summed E-state index contributed by atoms with van der Waals surface area (Å²) in [6.07, 6.45) is 6.98. The number of hydrogen-bond donors (Lipinski definition) is 1. The molecule has 3 heterocycles. The Morgan fingerprint density at radius 2 is 2.05 bits per heavy atom. The molecule has 1 aliphatic heterocycles. The molecule has 1 N–H and O–H groups in total. The van der Waals surface area contributed by atoms with Crippen LogP contribution in [0.4, 0.5) is 11.6 Å². The number of rotatable bonds is 4. The van der Waals surface area contributed by atoms with E-state index in [4.69, 9.17) is 4.98 Å². The largest absolute Gasteiger partial charge is 0.372 e. The number of anilines is 2. The molecule has 114 valence electrons. The first-order valence-corrected chi connectivity index (χ1v) is 7.73. The molecule has 2 aromatic heterocycles. The molecule has 0 bridgehead atoms. The maximum Gasteiger partial charge on any atom is 0.180 e. The summed E-state index contributed by atoms with van der Waals surface area (Å²) in [7, 11) is 1.90. The highest BCUT2D eigenvalue weighted by molar-refractivity contribution is 5.67. The van der Waals surface area contributed by atoms with Crippen LogP contribution in [-0.4, -0.2) is 58.5 Å². The minimum absolute atomic E-state index is 0.662. The first kappa shape index (κ1) is 14.1. The number of imidazole rings is 1. The van der Waals surface area contributed by atoms with Gasteiger partial charge in [0, 0.05) is 51.7 Å². The topological polar surface area (TPSA) is 48.7 Å². The zero-order chi connectivity index (χ0) is 14.8. The second-order valence-corrected chi connectivity index (χ2v) is 5.64. The predicted molar refractivity (Wildman–Crippen MR) is 86.1 cm³/mol. The van der Waals surface area contributed by atoms with E-state index >= 15 is 0 Å². The van der Waals surface area contributed by atoms with Gasteiger partial charge in [0.05, 0.1) is 6.20 Å². The third-order valence-corrected chi connectivity index (χ3v) is 4.44. The smallest absolute Gasteiger partial charge is 0.180 e. The Hall–Kier alpha value is -1.82. The SMILES string of the molecule is CCC(C)N1CCN(c2nc(NC)cn3ccnc23)CC1. The molecule has 0 aliphatic carbocycles. The zero-order valence-electron chi connectivity index (χ0n) is 13.1. The summed E-state index contributed by atoms with van der Waals surface area (Å²) in [5, 5.41) is 3.13. The van der Waals surface area contributed by atoms with Crippen LogP contribution in [0.15, 0.2) is 18.6 Å². The van der Waals surface area contributed by atoms with E-state index in [2.05, 4.69) is 33.9 Å². The van der Waals surface area contributed by atoms with E-state index in [9.17, 15) is 0 Å². The van der Waals surface area contributed by atoms with Crippen LogP contribution in [0.1, 0.15) is 20.3 Å². The van der Waals surface area contributed by atoms with Crippen LogP contribution in [0.5, 0.6) is 0 Å². The van der Waals surface area contributed by atoms with Crippen molar-refractivity contribution in [3.63, 3.8) is 0 Å². The van der Waals surface area contributed by atoms with E-state index in [0.717, 1.165) is 43.5 Å². The fourth-order valence-corrected chi connectivity index (χ4v) is 2.88. The number of nitrogens with one attached hydrogen (secondary N) is 1. The average Bonchev–Trinajstić information content (AvgIpc) is 3.01. The van der Waals surface area contributed by atoms with Gasteiger partial charge in [0.25, 0.3) is 0 Å². The van der Waals surface area contributed by atoms with Gasteiger partial charge in [0.2, 0.25) is 0 Å². The summed E-state index contributed by atoms with van der Waals surface area (Å²) >= 11 is 0. The molecule has 21 heavy (non-hydrogen) atoms. The first-order valence-electron chi connectivity index (χ1n) is 7.73. The summed E-state index contributed by atoms with van der Waals surface area (Å²) in [4.78, 5) is 14.1. The molecule has 6 heteroatoms. The number of piperazine rings is 1. The number of fused-ring (bicyclic) bond motifs is 1. The summed E-state index contributed by atoms with van der Waals surface area (Å²) in [5.74, 6) is 1.86. The van der Waals surface area contributed by atoms with Gasteiger partial charge in [-0.25, -0.2) is 9.97 Å². The van der Waals surface area contributed by atoms with Gasteiger partial charge in [-0.3, -0.25) is 4.90 Å². The molecule has 2 aromatic rings. The Labute approximate surface area is 125 Å². The lowest BCUT2D eigenvalue weighted by atomic mass is 10.2. The maximum atomic E-state index is 4.72. The van der Waals surface area contributed by atoms with Crippen LogP contribution in [0.2, 0.25) is 0 Å². The highest BCUT2D eigenvalue weighted by Gasteiger charge is 2.23. The quantitative estimate of drug-likeness (QED) is 0.928. The van der Waals surface area contributed by atoms with Gasteiger partial charge in [0.1, 0.15) is 5.82 Å². The Morgan fingerprint density at radius 1 is 1.29 bits per heavy atom. The fraction of sp³-hybridized carbons (Fsp3) is 0.600. The van der Waals surface area contributed by atoms with E-state index in [1.165, 1.54) is 6.42 Å². The van der Waals surface area contributed by atoms with Crippen LogP contribution >= 0.6 is 0 Å². The van der Waals surface area contributed by atoms with Gasteiger partial charge < -0.3 is 14.6 Å². The fourth-order valence-electron chi connectivity index (χ4n) is 2.88. The molecule has 0 saturated carbocycles. The van der Waals surface area contributed by atoms with Crippen LogP contribution in [0.25, 0.3) is 5.65 Å². The zero-order valence-corrected chi connectivity index (χ0v) is 13.1. The average molecular weight is 288 g/mol. The standard InChI is InChI=1S/C15H24N6/c1-4-12(2)19-7-9-20(10-8-19)15-14-17-5-6-21(14)11-13(16-3)18-15/h5-6,11-12,16H,4,7-10H2,1-3H3. The van der Waals surface area contributed by atoms with Crippen LogP contribution in [0, 0.1) is 0 Å². The molecule has 3 rings (SSSR count). The lowest BCUT2D eigenvalue weighted by Gasteiger charge is -2.38. The first-order chi connectivity index (χ1) is 10.2. The van der Waals surface area contributed by atoms with Crippen molar-refractivity contribution in [2.24, 2.45) is 0 Å². The van der Waals surface area contributed by atoms with Crippen LogP contribution < -0.4 is 10.2 Å². The lowest BCUT2D eigenvalue weighted by molar-refractivity contribution is 0.192. The van der Waals surface area contributed by atoms with Gasteiger partial charge in [-0.15, -0.1) is 0 Å². The van der Waals surface area contributed by atoms with Crippen molar-refractivity contribution >= 4 is 17.3 Å². The lowest BCUT2D eigenvalue weighted by Crippen LogP contribution is -2.49. The van der Waals surface area contributed by atoms with E-state index in [-0.39, 0.29) is 0 Å². The normalized spacial score (nSPS) is 18.1. The molecule has 1 unspecified atom stereocenters. The van der Waals surface area contributed by atoms with Crippen molar-refractivity contribution in [3.05, 3.63) is 18.6 Å². The molecule has 1 aliphatic rings. The van der Waals surface area contributed by atoms with Crippen molar-refractivity contribution in [2.75, 3.05) is 43.4 Å². The summed E-state index contributed by atoms with van der Waals surface area (Å²) < 4.78 is 2.04. The van der Waals surface area contributed by atoms with E-state index in [1.807, 2.05) is 30.0 Å². The number of nitrogens with zero attached hydrogens (tertiary/aromatic N) is 5. The monoisotopic (exact) mass is 288 g/mol. The Balaban J connectivity index is 1.83. The van der Waals surface area contributed by atoms with Crippen molar-refractivity contribution < 1.29 is 0 Å². The van der Waals surface area contributed by atoms with Crippen LogP contribution in [0.3, 0.4) is 0 Å². The van der Waals surface area contributed by atoms with Gasteiger partial charge in [-0.2, -0.15) is 0 Å². The second-order valence-electron chi connectivity index (χ2n) is 5.64. The molecule has 1 saturated heterocycles. The maximum absolute atomic E-state index is 4.72. The minimum Gasteiger partial charge on any atom is -0.372 e. The molecule has 1 atom stereocenters. The van der Waals surface area contributed by atoms with Gasteiger partial charge >= 0.3 is 0 Å². The number of aromatic nitrogens is 3. The summed E-state index contributed by atoms with van der Waals surface area (Å²) in [5.41, 5.74) is 0.936.